The van der Waals surface area contributed by atoms with Crippen molar-refractivity contribution in [1.29, 1.82) is 0 Å². The third kappa shape index (κ3) is 10.4. The Hall–Kier alpha value is -4.24. The molecule has 0 aromatic carbocycles. The molecule has 20 nitrogen and oxygen atoms in total. The van der Waals surface area contributed by atoms with Crippen LogP contribution in [0.5, 0.6) is 0 Å². The second kappa shape index (κ2) is 13.6. The van der Waals surface area contributed by atoms with Crippen LogP contribution in [0.2, 0.25) is 0 Å². The molecule has 0 radical (unpaired) electrons. The van der Waals surface area contributed by atoms with Gasteiger partial charge in [0.15, 0.2) is 0 Å². The number of nitrogens with one attached hydrogen (secondary N) is 1. The Morgan fingerprint density at radius 1 is 0.959 bits per heavy atom. The number of alkyl carbamates (subject to hydrolysis) is 1. The Kier molecular flexibility index (Phi) is 10.4. The lowest BCUT2D eigenvalue weighted by atomic mass is 10.0. The molecule has 49 heavy (non-hydrogen) atoms. The fourth-order valence-corrected chi connectivity index (χ4v) is 5.52. The number of hydrogen-bond donors (Lipinski definition) is 2. The largest absolute Gasteiger partial charge is 0.444 e. The minimum atomic E-state index is -4.92. The molecule has 3 saturated heterocycles. The van der Waals surface area contributed by atoms with Crippen molar-refractivity contribution in [3.05, 3.63) is 11.8 Å². The van der Waals surface area contributed by atoms with Gasteiger partial charge in [0.2, 0.25) is 17.7 Å². The smallest absolute Gasteiger partial charge is 0.437 e. The number of nitrogens with zero attached hydrogens (tertiary/aromatic N) is 7. The van der Waals surface area contributed by atoms with Crippen LogP contribution in [0.3, 0.4) is 0 Å². The number of guanidine groups is 1. The first-order chi connectivity index (χ1) is 22.4. The molecule has 274 valence electrons. The van der Waals surface area contributed by atoms with E-state index in [2.05, 4.69) is 24.8 Å². The first-order valence-corrected chi connectivity index (χ1v) is 16.9. The topological polar surface area (TPSA) is 236 Å². The molecule has 21 heteroatoms. The van der Waals surface area contributed by atoms with Gasteiger partial charge in [0.25, 0.3) is 0 Å². The third-order valence-corrected chi connectivity index (χ3v) is 7.35. The molecule has 4 rings (SSSR count). The number of aliphatic imine (C=N–C) groups is 1. The van der Waals surface area contributed by atoms with Gasteiger partial charge in [0, 0.05) is 19.6 Å². The van der Waals surface area contributed by atoms with Gasteiger partial charge in [0.1, 0.15) is 29.4 Å². The molecule has 3 fully saturated rings. The predicted molar refractivity (Wildman–Crippen MR) is 167 cm³/mol. The summed E-state index contributed by atoms with van der Waals surface area (Å²) >= 11 is 0. The fraction of sp³-hybridized carbons (Fsp3) is 0.750. The van der Waals surface area contributed by atoms with E-state index in [1.165, 1.54) is 9.80 Å². The van der Waals surface area contributed by atoms with Crippen LogP contribution in [0.1, 0.15) is 93.0 Å². The number of hydrogen-bond acceptors (Lipinski definition) is 13. The van der Waals surface area contributed by atoms with Gasteiger partial charge < -0.3 is 28.4 Å². The maximum Gasteiger partial charge on any atom is 0.437 e. The number of likely N-dealkylation sites (tertiary alicyclic amines) is 1. The van der Waals surface area contributed by atoms with Crippen molar-refractivity contribution in [2.45, 2.75) is 117 Å². The van der Waals surface area contributed by atoms with Gasteiger partial charge in [-0.1, -0.05) is 0 Å². The summed E-state index contributed by atoms with van der Waals surface area (Å²) in [5.41, 5.74) is -2.53. The number of aromatic nitrogens is 2. The van der Waals surface area contributed by atoms with E-state index in [1.807, 2.05) is 0 Å². The van der Waals surface area contributed by atoms with Gasteiger partial charge in [-0.25, -0.2) is 19.2 Å². The Morgan fingerprint density at radius 3 is 2.14 bits per heavy atom. The van der Waals surface area contributed by atoms with Crippen molar-refractivity contribution in [1.82, 2.24) is 35.3 Å². The van der Waals surface area contributed by atoms with E-state index in [-0.39, 0.29) is 43.9 Å². The number of carbonyl (C=O) groups is 4. The molecule has 0 saturated carbocycles. The van der Waals surface area contributed by atoms with Crippen molar-refractivity contribution in [3.63, 3.8) is 0 Å². The summed E-state index contributed by atoms with van der Waals surface area (Å²) in [7, 11) is -4.92. The number of rotatable bonds is 6. The van der Waals surface area contributed by atoms with E-state index in [4.69, 9.17) is 23.2 Å². The minimum Gasteiger partial charge on any atom is -0.444 e. The Balaban J connectivity index is 1.51. The SMILES string of the molecule is CC(C)(C)OC(=O)/N=C(/NC(=O)OC(C)(C)C)N1CC(N(Cc2nnc([C@@H]3CC[C@H]4CN3C(=O)N4OS(=O)(=O)O)o2)C(=O)OC(C)(C)C)C1. The lowest BCUT2D eigenvalue weighted by Crippen LogP contribution is -2.65. The summed E-state index contributed by atoms with van der Waals surface area (Å²) < 4.78 is 58.2. The van der Waals surface area contributed by atoms with Crippen molar-refractivity contribution >= 4 is 40.7 Å². The standard InChI is InChI=1S/C28H44N8O12S/c1-26(2,3)45-22(37)29-21(30-23(38)46-27(4,5)6)33-12-17(13-33)34(25(40)47-28(7,8)9)15-19-31-32-20(44-19)18-11-10-16-14-35(18)24(39)36(16)48-49(41,42)43/h16-18H,10-15H2,1-9H3,(H,41,42,43)(H,29,30,37,38)/t16-,18-/m0/s1. The summed E-state index contributed by atoms with van der Waals surface area (Å²) in [5, 5.41) is 11.3. The number of hydroxylamine groups is 2. The number of carbonyl (C=O) groups excluding carboxylic acids is 4. The lowest BCUT2D eigenvalue weighted by Gasteiger charge is -2.45. The monoisotopic (exact) mass is 716 g/mol. The number of piperidine rings is 1. The van der Waals surface area contributed by atoms with E-state index in [1.54, 1.807) is 67.2 Å². The van der Waals surface area contributed by atoms with Crippen LogP contribution in [0, 0.1) is 0 Å². The molecular formula is C28H44N8O12S. The Labute approximate surface area is 283 Å². The molecule has 4 heterocycles. The van der Waals surface area contributed by atoms with Gasteiger partial charge in [-0.15, -0.1) is 19.5 Å². The molecule has 3 aliphatic heterocycles. The molecule has 3 aliphatic rings. The average molecular weight is 717 g/mol. The van der Waals surface area contributed by atoms with Gasteiger partial charge >= 0.3 is 34.7 Å². The van der Waals surface area contributed by atoms with Crippen LogP contribution in [0.4, 0.5) is 19.2 Å². The molecule has 2 N–H and O–H groups in total. The van der Waals surface area contributed by atoms with Crippen LogP contribution in [0.15, 0.2) is 9.41 Å². The third-order valence-electron chi connectivity index (χ3n) is 7.00. The van der Waals surface area contributed by atoms with Crippen molar-refractivity contribution in [3.8, 4) is 0 Å². The number of ether oxygens (including phenoxy) is 3. The van der Waals surface area contributed by atoms with Crippen LogP contribution in [-0.4, -0.2) is 122 Å². The second-order valence-corrected chi connectivity index (χ2v) is 15.8. The number of fused-ring (bicyclic) bond motifs is 2. The van der Waals surface area contributed by atoms with Gasteiger partial charge in [-0.05, 0) is 75.2 Å². The van der Waals surface area contributed by atoms with Crippen LogP contribution >= 0.6 is 0 Å². The molecule has 2 bridgehead atoms. The maximum atomic E-state index is 13.4. The van der Waals surface area contributed by atoms with Gasteiger partial charge in [-0.2, -0.15) is 13.5 Å². The van der Waals surface area contributed by atoms with E-state index < -0.39 is 69.6 Å². The zero-order valence-electron chi connectivity index (χ0n) is 29.0. The maximum absolute atomic E-state index is 13.4. The first kappa shape index (κ1) is 37.6. The highest BCUT2D eigenvalue weighted by atomic mass is 32.3. The van der Waals surface area contributed by atoms with E-state index in [9.17, 15) is 27.6 Å². The van der Waals surface area contributed by atoms with Crippen LogP contribution in [0.25, 0.3) is 0 Å². The summed E-state index contributed by atoms with van der Waals surface area (Å²) in [6.07, 6.45) is -1.83. The highest BCUT2D eigenvalue weighted by Gasteiger charge is 2.49. The molecule has 1 aromatic rings. The number of amides is 5. The Morgan fingerprint density at radius 2 is 1.57 bits per heavy atom. The van der Waals surface area contributed by atoms with E-state index in [0.717, 1.165) is 0 Å². The van der Waals surface area contributed by atoms with Crippen molar-refractivity contribution in [2.75, 3.05) is 19.6 Å². The normalized spacial score (nSPS) is 20.6. The molecule has 0 aliphatic carbocycles. The first-order valence-electron chi connectivity index (χ1n) is 15.5. The summed E-state index contributed by atoms with van der Waals surface area (Å²) in [4.78, 5) is 59.6. The summed E-state index contributed by atoms with van der Waals surface area (Å²) in [6.45, 7) is 15.3. The zero-order chi connectivity index (χ0) is 36.7. The molecule has 2 atom stereocenters. The predicted octanol–water partition coefficient (Wildman–Crippen LogP) is 2.98. The van der Waals surface area contributed by atoms with Crippen LogP contribution in [-0.2, 0) is 35.4 Å². The molecule has 0 unspecified atom stereocenters. The molecule has 5 amide bonds. The molecular weight excluding hydrogens is 672 g/mol. The second-order valence-electron chi connectivity index (χ2n) is 14.8. The van der Waals surface area contributed by atoms with E-state index in [0.29, 0.717) is 17.9 Å². The lowest BCUT2D eigenvalue weighted by molar-refractivity contribution is -0.0317. The van der Waals surface area contributed by atoms with Crippen LogP contribution < -0.4 is 5.32 Å². The minimum absolute atomic E-state index is 0.0219. The van der Waals surface area contributed by atoms with E-state index >= 15 is 0 Å². The van der Waals surface area contributed by atoms with Crippen molar-refractivity contribution < 1.29 is 55.1 Å². The summed E-state index contributed by atoms with van der Waals surface area (Å²) in [5.74, 6) is -0.0567. The zero-order valence-corrected chi connectivity index (χ0v) is 29.8. The highest BCUT2D eigenvalue weighted by molar-refractivity contribution is 7.80. The molecule has 0 spiro atoms. The Bertz CT molecular complexity index is 1570. The fourth-order valence-electron chi connectivity index (χ4n) is 5.13. The quantitative estimate of drug-likeness (QED) is 0.186. The van der Waals surface area contributed by atoms with Crippen molar-refractivity contribution in [2.24, 2.45) is 4.99 Å². The number of urea groups is 1. The highest BCUT2D eigenvalue weighted by Crippen LogP contribution is 2.38. The van der Waals surface area contributed by atoms with Gasteiger partial charge in [0.05, 0.1) is 12.1 Å². The van der Waals surface area contributed by atoms with Gasteiger partial charge in [-0.3, -0.25) is 14.8 Å². The summed E-state index contributed by atoms with van der Waals surface area (Å²) in [6, 6.07) is -2.64. The molecule has 1 aromatic heterocycles. The average Bonchev–Trinajstić information content (AvgIpc) is 3.42.